The van der Waals surface area contributed by atoms with Gasteiger partial charge in [0.15, 0.2) is 0 Å². The fraction of sp³-hybridized carbons (Fsp3) is 0.176. The summed E-state index contributed by atoms with van der Waals surface area (Å²) in [5, 5.41) is 9.34. The SMILES string of the molecule is Cc1oc(-c2ccccc2)nc1CCOc1ccc(CCC(=O)O)c(CN(S(=O)(=O)c2ccccc2)S(=O)(=O)c2ccccc2)c1. The molecule has 1 aromatic heterocycles. The van der Waals surface area contributed by atoms with E-state index in [2.05, 4.69) is 4.98 Å². The van der Waals surface area contributed by atoms with Gasteiger partial charge in [0.05, 0.1) is 28.6 Å². The Kier molecular flexibility index (Phi) is 10.0. The van der Waals surface area contributed by atoms with Gasteiger partial charge in [-0.1, -0.05) is 64.4 Å². The van der Waals surface area contributed by atoms with Crippen molar-refractivity contribution in [1.82, 2.24) is 8.69 Å². The first-order valence-corrected chi connectivity index (χ1v) is 17.3. The molecule has 1 heterocycles. The van der Waals surface area contributed by atoms with Crippen LogP contribution >= 0.6 is 0 Å². The van der Waals surface area contributed by atoms with Crippen molar-refractivity contribution in [3.05, 3.63) is 132 Å². The van der Waals surface area contributed by atoms with Crippen molar-refractivity contribution in [2.24, 2.45) is 0 Å². The van der Waals surface area contributed by atoms with Gasteiger partial charge in [0.25, 0.3) is 20.0 Å². The fourth-order valence-electron chi connectivity index (χ4n) is 4.81. The van der Waals surface area contributed by atoms with Crippen LogP contribution in [0.4, 0.5) is 0 Å². The lowest BCUT2D eigenvalue weighted by molar-refractivity contribution is -0.136. The summed E-state index contributed by atoms with van der Waals surface area (Å²) in [4.78, 5) is 15.6. The van der Waals surface area contributed by atoms with E-state index in [1.807, 2.05) is 37.3 Å². The van der Waals surface area contributed by atoms with Crippen molar-refractivity contribution < 1.29 is 35.9 Å². The third-order valence-electron chi connectivity index (χ3n) is 7.22. The van der Waals surface area contributed by atoms with Gasteiger partial charge in [-0.15, -0.1) is 0 Å². The van der Waals surface area contributed by atoms with Crippen LogP contribution in [0.15, 0.2) is 123 Å². The quantitative estimate of drug-likeness (QED) is 0.155. The lowest BCUT2D eigenvalue weighted by Crippen LogP contribution is -2.36. The standard InChI is InChI=1S/C34H32N2O8S2/c1-25-32(35-34(44-25)27-11-5-2-6-12-27)21-22-43-29-19-17-26(18-20-33(37)38)28(23-29)24-36(45(39,40)30-13-7-3-8-14-30)46(41,42)31-15-9-4-10-16-31/h2-17,19,23H,18,20-22,24H2,1H3,(H,37,38). The summed E-state index contributed by atoms with van der Waals surface area (Å²) < 4.78 is 67.9. The number of aliphatic carboxylic acids is 1. The lowest BCUT2D eigenvalue weighted by Gasteiger charge is -2.24. The van der Waals surface area contributed by atoms with Crippen molar-refractivity contribution in [2.45, 2.75) is 42.5 Å². The minimum absolute atomic E-state index is 0.0515. The van der Waals surface area contributed by atoms with Gasteiger partial charge in [-0.25, -0.2) is 21.8 Å². The minimum Gasteiger partial charge on any atom is -0.493 e. The molecule has 0 aliphatic heterocycles. The zero-order valence-corrected chi connectivity index (χ0v) is 26.6. The highest BCUT2D eigenvalue weighted by Crippen LogP contribution is 2.30. The largest absolute Gasteiger partial charge is 0.493 e. The number of benzene rings is 4. The molecule has 1 N–H and O–H groups in total. The third kappa shape index (κ3) is 7.53. The number of carboxylic acid groups (broad SMARTS) is 1. The summed E-state index contributed by atoms with van der Waals surface area (Å²) in [5.74, 6) is 0.458. The Bertz CT molecular complexity index is 1940. The Hall–Kier alpha value is -4.78. The van der Waals surface area contributed by atoms with Gasteiger partial charge in [-0.2, -0.15) is 0 Å². The summed E-state index contributed by atoms with van der Waals surface area (Å²) in [7, 11) is -9.15. The molecule has 0 amide bonds. The Balaban J connectivity index is 1.45. The Morgan fingerprint density at radius 2 is 1.35 bits per heavy atom. The number of hydrogen-bond donors (Lipinski definition) is 1. The Labute approximate surface area is 268 Å². The summed E-state index contributed by atoms with van der Waals surface area (Å²) in [6.45, 7) is 1.44. The lowest BCUT2D eigenvalue weighted by atomic mass is 10.0. The number of carboxylic acids is 1. The number of hydrogen-bond acceptors (Lipinski definition) is 8. The molecule has 10 nitrogen and oxygen atoms in total. The van der Waals surface area contributed by atoms with Crippen molar-refractivity contribution in [3.63, 3.8) is 0 Å². The minimum atomic E-state index is -4.57. The maximum atomic E-state index is 13.9. The molecular weight excluding hydrogens is 629 g/mol. The number of ether oxygens (including phenoxy) is 1. The van der Waals surface area contributed by atoms with Crippen LogP contribution in [0.25, 0.3) is 11.5 Å². The highest BCUT2D eigenvalue weighted by Gasteiger charge is 2.37. The van der Waals surface area contributed by atoms with E-state index in [9.17, 15) is 26.7 Å². The van der Waals surface area contributed by atoms with Gasteiger partial charge in [0, 0.05) is 18.4 Å². The number of carbonyl (C=O) groups is 1. The Morgan fingerprint density at radius 3 is 1.91 bits per heavy atom. The highest BCUT2D eigenvalue weighted by atomic mass is 32.3. The second-order valence-electron chi connectivity index (χ2n) is 10.4. The summed E-state index contributed by atoms with van der Waals surface area (Å²) in [6, 6.07) is 28.9. The van der Waals surface area contributed by atoms with Crippen LogP contribution < -0.4 is 4.74 Å². The van der Waals surface area contributed by atoms with E-state index in [1.54, 1.807) is 30.3 Å². The number of aromatic nitrogens is 1. The topological polar surface area (TPSA) is 144 Å². The molecule has 12 heteroatoms. The molecule has 0 fully saturated rings. The molecule has 0 aliphatic carbocycles. The zero-order valence-electron chi connectivity index (χ0n) is 24.9. The molecule has 0 saturated heterocycles. The molecule has 0 spiro atoms. The average molecular weight is 661 g/mol. The number of aryl methyl sites for hydroxylation is 2. The first-order valence-electron chi connectivity index (χ1n) is 14.4. The van der Waals surface area contributed by atoms with Gasteiger partial charge < -0.3 is 14.3 Å². The van der Waals surface area contributed by atoms with Gasteiger partial charge in [0.2, 0.25) is 5.89 Å². The average Bonchev–Trinajstić information content (AvgIpc) is 3.44. The monoisotopic (exact) mass is 660 g/mol. The number of oxazole rings is 1. The van der Waals surface area contributed by atoms with E-state index in [-0.39, 0.29) is 29.2 Å². The zero-order chi connectivity index (χ0) is 32.7. The van der Waals surface area contributed by atoms with Crippen molar-refractivity contribution >= 4 is 26.0 Å². The fourth-order valence-corrected chi connectivity index (χ4v) is 8.45. The van der Waals surface area contributed by atoms with Crippen LogP contribution in [-0.4, -0.2) is 43.2 Å². The van der Waals surface area contributed by atoms with Crippen LogP contribution in [0.2, 0.25) is 0 Å². The maximum Gasteiger partial charge on any atom is 0.303 e. The van der Waals surface area contributed by atoms with Crippen molar-refractivity contribution in [3.8, 4) is 17.2 Å². The summed E-state index contributed by atoms with van der Waals surface area (Å²) in [6.07, 6.45) is 0.227. The molecular formula is C34H32N2O8S2. The molecule has 5 rings (SSSR count). The molecule has 0 radical (unpaired) electrons. The number of sulfonamides is 2. The van der Waals surface area contributed by atoms with Gasteiger partial charge in [-0.05, 0) is 73.0 Å². The van der Waals surface area contributed by atoms with Crippen LogP contribution in [0.3, 0.4) is 0 Å². The van der Waals surface area contributed by atoms with E-state index in [4.69, 9.17) is 9.15 Å². The van der Waals surface area contributed by atoms with Gasteiger partial charge >= 0.3 is 5.97 Å². The maximum absolute atomic E-state index is 13.9. The van der Waals surface area contributed by atoms with E-state index in [0.717, 1.165) is 5.56 Å². The third-order valence-corrected chi connectivity index (χ3v) is 11.5. The molecule has 0 bridgehead atoms. The summed E-state index contributed by atoms with van der Waals surface area (Å²) in [5.41, 5.74) is 2.33. The molecule has 0 unspecified atom stereocenters. The molecule has 4 aromatic carbocycles. The van der Waals surface area contributed by atoms with Crippen LogP contribution in [0.5, 0.6) is 5.75 Å². The van der Waals surface area contributed by atoms with Gasteiger partial charge in [-0.3, -0.25) is 4.79 Å². The molecule has 0 aliphatic rings. The van der Waals surface area contributed by atoms with E-state index in [1.165, 1.54) is 48.5 Å². The Morgan fingerprint density at radius 1 is 0.783 bits per heavy atom. The highest BCUT2D eigenvalue weighted by molar-refractivity contribution is 8.04. The molecule has 5 aromatic rings. The number of rotatable bonds is 14. The van der Waals surface area contributed by atoms with Crippen LogP contribution in [0.1, 0.15) is 29.0 Å². The molecule has 0 atom stereocenters. The van der Waals surface area contributed by atoms with Crippen LogP contribution in [0, 0.1) is 6.92 Å². The van der Waals surface area contributed by atoms with E-state index in [0.29, 0.717) is 44.4 Å². The van der Waals surface area contributed by atoms with Crippen molar-refractivity contribution in [1.29, 1.82) is 0 Å². The second-order valence-corrected chi connectivity index (χ2v) is 14.3. The molecule has 0 saturated carbocycles. The predicted molar refractivity (Wildman–Crippen MR) is 171 cm³/mol. The first-order chi connectivity index (χ1) is 22.1. The van der Waals surface area contributed by atoms with Crippen LogP contribution in [-0.2, 0) is 44.2 Å². The second kappa shape index (κ2) is 14.1. The van der Waals surface area contributed by atoms with Gasteiger partial charge in [0.1, 0.15) is 11.5 Å². The normalized spacial score (nSPS) is 11.9. The number of nitrogens with zero attached hydrogens (tertiary/aromatic N) is 2. The first kappa shape index (κ1) is 32.6. The predicted octanol–water partition coefficient (Wildman–Crippen LogP) is 5.87. The van der Waals surface area contributed by atoms with E-state index >= 15 is 0 Å². The molecule has 238 valence electrons. The molecule has 46 heavy (non-hydrogen) atoms. The van der Waals surface area contributed by atoms with E-state index < -0.39 is 32.6 Å². The smallest absolute Gasteiger partial charge is 0.303 e. The summed E-state index contributed by atoms with van der Waals surface area (Å²) >= 11 is 0. The van der Waals surface area contributed by atoms with Crippen molar-refractivity contribution in [2.75, 3.05) is 6.61 Å².